The predicted octanol–water partition coefficient (Wildman–Crippen LogP) is 8.11. The number of carbonyl (C=O) groups is 1. The molecule has 0 unspecified atom stereocenters. The van der Waals surface area contributed by atoms with Gasteiger partial charge in [0.05, 0.1) is 23.6 Å². The third kappa shape index (κ3) is 6.48. The number of amides is 1. The summed E-state index contributed by atoms with van der Waals surface area (Å²) < 4.78 is 4.86. The lowest BCUT2D eigenvalue weighted by molar-refractivity contribution is 0.0753. The number of aromatic nitrogens is 1. The standard InChI is InChI=1S/C35H31ClN2O2S/c1-40-31-24-32(33(36)37-25-31)34(39)38(26-27-14-6-2-7-15-27)22-23-41-35(28-16-8-3-9-17-28,29-18-10-4-11-19-29)30-20-12-5-13-21-30/h2-21,24-25H,22-23,26H2,1H3. The van der Waals surface area contributed by atoms with Crippen LogP contribution in [0.15, 0.2) is 134 Å². The Labute approximate surface area is 251 Å². The van der Waals surface area contributed by atoms with Crippen LogP contribution in [0.3, 0.4) is 0 Å². The van der Waals surface area contributed by atoms with E-state index in [2.05, 4.69) is 77.8 Å². The molecule has 41 heavy (non-hydrogen) atoms. The zero-order chi connectivity index (χ0) is 28.5. The van der Waals surface area contributed by atoms with Crippen molar-refractivity contribution >= 4 is 29.3 Å². The second-order valence-electron chi connectivity index (χ2n) is 9.55. The van der Waals surface area contributed by atoms with E-state index in [-0.39, 0.29) is 11.1 Å². The van der Waals surface area contributed by atoms with Crippen molar-refractivity contribution < 1.29 is 9.53 Å². The number of nitrogens with zero attached hydrogens (tertiary/aromatic N) is 2. The minimum absolute atomic E-state index is 0.161. The molecule has 0 saturated heterocycles. The summed E-state index contributed by atoms with van der Waals surface area (Å²) in [6.45, 7) is 0.947. The normalized spacial score (nSPS) is 11.2. The van der Waals surface area contributed by atoms with E-state index in [1.807, 2.05) is 65.2 Å². The maximum Gasteiger partial charge on any atom is 0.257 e. The number of methoxy groups -OCH3 is 1. The van der Waals surface area contributed by atoms with E-state index in [1.54, 1.807) is 13.2 Å². The van der Waals surface area contributed by atoms with Gasteiger partial charge in [-0.15, -0.1) is 11.8 Å². The molecule has 0 bridgehead atoms. The average molecular weight is 579 g/mol. The molecule has 0 saturated carbocycles. The largest absolute Gasteiger partial charge is 0.495 e. The highest BCUT2D eigenvalue weighted by molar-refractivity contribution is 8.00. The number of halogens is 1. The Hall–Kier alpha value is -4.06. The van der Waals surface area contributed by atoms with Gasteiger partial charge < -0.3 is 9.64 Å². The van der Waals surface area contributed by atoms with Crippen LogP contribution < -0.4 is 4.74 Å². The van der Waals surface area contributed by atoms with E-state index in [9.17, 15) is 4.79 Å². The number of rotatable bonds is 11. The minimum atomic E-state index is -0.472. The Morgan fingerprint density at radius 2 is 1.29 bits per heavy atom. The van der Waals surface area contributed by atoms with Crippen LogP contribution >= 0.6 is 23.4 Å². The molecule has 1 aromatic heterocycles. The summed E-state index contributed by atoms with van der Waals surface area (Å²) in [5.74, 6) is 0.977. The molecule has 1 amide bonds. The molecule has 5 aromatic rings. The van der Waals surface area contributed by atoms with Gasteiger partial charge in [0.2, 0.25) is 0 Å². The van der Waals surface area contributed by atoms with Crippen molar-refractivity contribution in [2.45, 2.75) is 11.3 Å². The van der Waals surface area contributed by atoms with Gasteiger partial charge in [-0.2, -0.15) is 0 Å². The highest BCUT2D eigenvalue weighted by atomic mass is 35.5. The molecule has 206 valence electrons. The summed E-state index contributed by atoms with van der Waals surface area (Å²) in [7, 11) is 1.55. The van der Waals surface area contributed by atoms with Gasteiger partial charge in [-0.1, -0.05) is 133 Å². The van der Waals surface area contributed by atoms with Crippen LogP contribution in [-0.2, 0) is 11.3 Å². The number of pyridine rings is 1. The second-order valence-corrected chi connectivity index (χ2v) is 11.2. The first-order chi connectivity index (χ1) is 20.1. The topological polar surface area (TPSA) is 42.4 Å². The van der Waals surface area contributed by atoms with Gasteiger partial charge in [0, 0.05) is 18.8 Å². The van der Waals surface area contributed by atoms with E-state index in [4.69, 9.17) is 16.3 Å². The van der Waals surface area contributed by atoms with Crippen LogP contribution in [0, 0.1) is 0 Å². The van der Waals surface area contributed by atoms with Crippen molar-refractivity contribution in [1.29, 1.82) is 0 Å². The van der Waals surface area contributed by atoms with E-state index in [0.717, 1.165) is 5.56 Å². The monoisotopic (exact) mass is 578 g/mol. The lowest BCUT2D eigenvalue weighted by Gasteiger charge is -2.36. The summed E-state index contributed by atoms with van der Waals surface area (Å²) in [5.41, 5.74) is 4.92. The van der Waals surface area contributed by atoms with Crippen LogP contribution in [0.1, 0.15) is 32.6 Å². The van der Waals surface area contributed by atoms with Crippen molar-refractivity contribution in [3.8, 4) is 5.75 Å². The summed E-state index contributed by atoms with van der Waals surface area (Å²) >= 11 is 8.25. The third-order valence-electron chi connectivity index (χ3n) is 7.00. The molecule has 0 atom stereocenters. The SMILES string of the molecule is COc1cnc(Cl)c(C(=O)N(CCSC(c2ccccc2)(c2ccccc2)c2ccccc2)Cc2ccccc2)c1. The molecular weight excluding hydrogens is 548 g/mol. The fourth-order valence-corrected chi connectivity index (χ4v) is 6.70. The summed E-state index contributed by atoms with van der Waals surface area (Å²) in [6, 6.07) is 43.4. The molecule has 4 nitrogen and oxygen atoms in total. The summed E-state index contributed by atoms with van der Waals surface area (Å²) in [6.07, 6.45) is 1.52. The Bertz CT molecular complexity index is 1450. The maximum absolute atomic E-state index is 13.9. The molecular formula is C35H31ClN2O2S. The van der Waals surface area contributed by atoms with Crippen molar-refractivity contribution in [2.75, 3.05) is 19.4 Å². The van der Waals surface area contributed by atoms with Gasteiger partial charge in [0.1, 0.15) is 10.9 Å². The van der Waals surface area contributed by atoms with Crippen LogP contribution in [0.25, 0.3) is 0 Å². The van der Waals surface area contributed by atoms with Gasteiger partial charge in [0.25, 0.3) is 5.91 Å². The van der Waals surface area contributed by atoms with Crippen molar-refractivity contribution in [2.24, 2.45) is 0 Å². The zero-order valence-electron chi connectivity index (χ0n) is 22.8. The molecule has 0 aliphatic heterocycles. The summed E-state index contributed by atoms with van der Waals surface area (Å²) in [5, 5.41) is 0.161. The smallest absolute Gasteiger partial charge is 0.257 e. The van der Waals surface area contributed by atoms with Gasteiger partial charge in [-0.05, 0) is 28.3 Å². The number of thioether (sulfide) groups is 1. The van der Waals surface area contributed by atoms with Crippen LogP contribution in [-0.4, -0.2) is 35.2 Å². The lowest BCUT2D eigenvalue weighted by Crippen LogP contribution is -2.34. The first-order valence-electron chi connectivity index (χ1n) is 13.4. The molecule has 6 heteroatoms. The Kier molecular flexibility index (Phi) is 9.40. The number of benzene rings is 4. The fraction of sp³-hybridized carbons (Fsp3) is 0.143. The highest BCUT2D eigenvalue weighted by Crippen LogP contribution is 2.48. The summed E-state index contributed by atoms with van der Waals surface area (Å²) in [4.78, 5) is 20.0. The van der Waals surface area contributed by atoms with Crippen LogP contribution in [0.5, 0.6) is 5.75 Å². The molecule has 4 aromatic carbocycles. The van der Waals surface area contributed by atoms with E-state index in [1.165, 1.54) is 22.9 Å². The van der Waals surface area contributed by atoms with E-state index < -0.39 is 4.75 Å². The second kappa shape index (κ2) is 13.5. The number of hydrogen-bond acceptors (Lipinski definition) is 4. The van der Waals surface area contributed by atoms with Crippen molar-refractivity contribution in [3.05, 3.63) is 167 Å². The molecule has 5 rings (SSSR count). The van der Waals surface area contributed by atoms with Gasteiger partial charge >= 0.3 is 0 Å². The molecule has 0 spiro atoms. The quantitative estimate of drug-likeness (QED) is 0.117. The first-order valence-corrected chi connectivity index (χ1v) is 14.8. The van der Waals surface area contributed by atoms with Crippen LogP contribution in [0.2, 0.25) is 5.15 Å². The Morgan fingerprint density at radius 1 is 0.805 bits per heavy atom. The lowest BCUT2D eigenvalue weighted by atomic mass is 9.84. The molecule has 0 aliphatic carbocycles. The average Bonchev–Trinajstić information content (AvgIpc) is 3.04. The number of carbonyl (C=O) groups excluding carboxylic acids is 1. The van der Waals surface area contributed by atoms with Crippen LogP contribution in [0.4, 0.5) is 0 Å². The number of hydrogen-bond donors (Lipinski definition) is 0. The van der Waals surface area contributed by atoms with Gasteiger partial charge in [-0.25, -0.2) is 4.98 Å². The molecule has 0 N–H and O–H groups in total. The molecule has 0 aliphatic rings. The van der Waals surface area contributed by atoms with Gasteiger partial charge in [0.15, 0.2) is 0 Å². The molecule has 0 radical (unpaired) electrons. The molecule has 1 heterocycles. The third-order valence-corrected chi connectivity index (χ3v) is 8.83. The zero-order valence-corrected chi connectivity index (χ0v) is 24.4. The van der Waals surface area contributed by atoms with E-state index in [0.29, 0.717) is 30.2 Å². The number of ether oxygens (including phenoxy) is 1. The Morgan fingerprint density at radius 3 is 1.78 bits per heavy atom. The Balaban J connectivity index is 1.51. The van der Waals surface area contributed by atoms with Gasteiger partial charge in [-0.3, -0.25) is 4.79 Å². The van der Waals surface area contributed by atoms with E-state index >= 15 is 0 Å². The molecule has 0 fully saturated rings. The maximum atomic E-state index is 13.9. The fourth-order valence-electron chi connectivity index (χ4n) is 4.99. The van der Waals surface area contributed by atoms with Crippen molar-refractivity contribution in [1.82, 2.24) is 9.88 Å². The van der Waals surface area contributed by atoms with Crippen molar-refractivity contribution in [3.63, 3.8) is 0 Å². The minimum Gasteiger partial charge on any atom is -0.495 e. The predicted molar refractivity (Wildman–Crippen MR) is 169 cm³/mol. The first kappa shape index (κ1) is 28.5. The highest BCUT2D eigenvalue weighted by Gasteiger charge is 2.37.